The Morgan fingerprint density at radius 1 is 1.25 bits per heavy atom. The molecule has 1 fully saturated rings. The third kappa shape index (κ3) is 3.33. The Hall–Kier alpha value is -2.60. The van der Waals surface area contributed by atoms with Gasteiger partial charge in [-0.15, -0.1) is 0 Å². The van der Waals surface area contributed by atoms with Crippen molar-refractivity contribution >= 4 is 27.4 Å². The topological polar surface area (TPSA) is 161 Å². The molecule has 12 heteroatoms. The Morgan fingerprint density at radius 3 is 2.46 bits per heavy atom. The zero-order valence-electron chi connectivity index (χ0n) is 12.2. The molecule has 1 saturated heterocycles. The van der Waals surface area contributed by atoms with Crippen LogP contribution in [0.15, 0.2) is 23.1 Å². The van der Waals surface area contributed by atoms with Crippen LogP contribution >= 0.6 is 0 Å². The lowest BCUT2D eigenvalue weighted by molar-refractivity contribution is -0.396. The van der Waals surface area contributed by atoms with E-state index in [1.807, 2.05) is 0 Å². The molecule has 0 aliphatic carbocycles. The number of nitro groups is 2. The summed E-state index contributed by atoms with van der Waals surface area (Å²) in [6.07, 6.45) is 0.612. The van der Waals surface area contributed by atoms with Crippen LogP contribution in [0.4, 0.5) is 11.4 Å². The zero-order valence-corrected chi connectivity index (χ0v) is 13.0. The minimum Gasteiger partial charge on any atom is -0.481 e. The van der Waals surface area contributed by atoms with Gasteiger partial charge in [0.1, 0.15) is 0 Å². The first-order valence-corrected chi connectivity index (χ1v) is 8.24. The Balaban J connectivity index is 2.47. The largest absolute Gasteiger partial charge is 0.481 e. The molecule has 2 rings (SSSR count). The summed E-state index contributed by atoms with van der Waals surface area (Å²) in [6, 6.07) is 2.24. The fraction of sp³-hybridized carbons (Fsp3) is 0.417. The molecule has 11 nitrogen and oxygen atoms in total. The molecule has 0 amide bonds. The fourth-order valence-corrected chi connectivity index (χ4v) is 4.14. The quantitative estimate of drug-likeness (QED) is 0.601. The van der Waals surface area contributed by atoms with Gasteiger partial charge in [0, 0.05) is 19.2 Å². The van der Waals surface area contributed by atoms with Crippen molar-refractivity contribution in [1.29, 1.82) is 0 Å². The molecule has 0 radical (unpaired) electrons. The lowest BCUT2D eigenvalue weighted by atomic mass is 10.0. The summed E-state index contributed by atoms with van der Waals surface area (Å²) in [7, 11) is -4.34. The Bertz CT molecular complexity index is 807. The standard InChI is InChI=1S/C12H13N3O8S/c16-12(17)8-2-1-5-13(7-8)24(22,23)11-4-3-9(14(18)19)6-10(11)15(20)21/h3-4,6,8H,1-2,5,7H2,(H,16,17)/t8-/m0/s1. The molecule has 1 heterocycles. The number of piperidine rings is 1. The number of hydrogen-bond donors (Lipinski definition) is 1. The van der Waals surface area contributed by atoms with Crippen molar-refractivity contribution in [2.45, 2.75) is 17.7 Å². The van der Waals surface area contributed by atoms with Gasteiger partial charge in [0.2, 0.25) is 10.0 Å². The highest BCUT2D eigenvalue weighted by atomic mass is 32.2. The Morgan fingerprint density at radius 2 is 1.92 bits per heavy atom. The van der Waals surface area contributed by atoms with Crippen molar-refractivity contribution in [2.24, 2.45) is 5.92 Å². The van der Waals surface area contributed by atoms with Gasteiger partial charge in [-0.05, 0) is 18.9 Å². The van der Waals surface area contributed by atoms with Crippen LogP contribution in [-0.2, 0) is 14.8 Å². The van der Waals surface area contributed by atoms with Crippen molar-refractivity contribution in [3.05, 3.63) is 38.4 Å². The maximum Gasteiger partial charge on any atom is 0.307 e. The van der Waals surface area contributed by atoms with Crippen LogP contribution in [0.25, 0.3) is 0 Å². The third-order valence-electron chi connectivity index (χ3n) is 3.70. The van der Waals surface area contributed by atoms with Crippen molar-refractivity contribution in [3.8, 4) is 0 Å². The third-order valence-corrected chi connectivity index (χ3v) is 5.61. The molecule has 1 aromatic rings. The van der Waals surface area contributed by atoms with Crippen molar-refractivity contribution in [2.75, 3.05) is 13.1 Å². The van der Waals surface area contributed by atoms with Crippen LogP contribution in [0.3, 0.4) is 0 Å². The first-order valence-electron chi connectivity index (χ1n) is 6.80. The van der Waals surface area contributed by atoms with Gasteiger partial charge in [0.15, 0.2) is 4.90 Å². The number of aliphatic carboxylic acids is 1. The molecule has 1 N–H and O–H groups in total. The van der Waals surface area contributed by atoms with Crippen LogP contribution in [0.5, 0.6) is 0 Å². The molecule has 0 saturated carbocycles. The molecule has 1 aromatic carbocycles. The first kappa shape index (κ1) is 17.7. The number of benzene rings is 1. The molecule has 24 heavy (non-hydrogen) atoms. The second-order valence-electron chi connectivity index (χ2n) is 5.21. The molecule has 0 spiro atoms. The zero-order chi connectivity index (χ0) is 18.1. The van der Waals surface area contributed by atoms with E-state index in [1.165, 1.54) is 0 Å². The Kier molecular flexibility index (Phi) is 4.80. The van der Waals surface area contributed by atoms with E-state index in [0.29, 0.717) is 18.9 Å². The number of nitrogens with zero attached hydrogens (tertiary/aromatic N) is 3. The molecule has 0 bridgehead atoms. The van der Waals surface area contributed by atoms with E-state index >= 15 is 0 Å². The van der Waals surface area contributed by atoms with Crippen molar-refractivity contribution in [3.63, 3.8) is 0 Å². The minimum absolute atomic E-state index is 0.0280. The average molecular weight is 359 g/mol. The molecule has 1 atom stereocenters. The molecule has 1 aliphatic rings. The summed E-state index contributed by atoms with van der Waals surface area (Å²) >= 11 is 0. The molecule has 1 aliphatic heterocycles. The van der Waals surface area contributed by atoms with Gasteiger partial charge in [-0.1, -0.05) is 0 Å². The summed E-state index contributed by atoms with van der Waals surface area (Å²) in [6.45, 7) is -0.272. The van der Waals surface area contributed by atoms with Gasteiger partial charge in [-0.3, -0.25) is 25.0 Å². The van der Waals surface area contributed by atoms with E-state index in [1.54, 1.807) is 0 Å². The number of hydrogen-bond acceptors (Lipinski definition) is 7. The second-order valence-corrected chi connectivity index (χ2v) is 7.11. The van der Waals surface area contributed by atoms with Crippen LogP contribution in [-0.4, -0.2) is 46.7 Å². The monoisotopic (exact) mass is 359 g/mol. The maximum absolute atomic E-state index is 12.6. The molecular formula is C12H13N3O8S. The number of non-ortho nitro benzene ring substituents is 1. The number of rotatable bonds is 5. The van der Waals surface area contributed by atoms with E-state index in [9.17, 15) is 33.4 Å². The number of sulfonamides is 1. The van der Waals surface area contributed by atoms with E-state index < -0.39 is 48.0 Å². The SMILES string of the molecule is O=C(O)[C@H]1CCCN(S(=O)(=O)c2ccc([N+](=O)[O-])cc2[N+](=O)[O-])C1. The first-order chi connectivity index (χ1) is 11.1. The molecule has 0 aromatic heterocycles. The highest BCUT2D eigenvalue weighted by Crippen LogP contribution is 2.32. The van der Waals surface area contributed by atoms with Crippen LogP contribution in [0.1, 0.15) is 12.8 Å². The van der Waals surface area contributed by atoms with Crippen LogP contribution in [0.2, 0.25) is 0 Å². The minimum atomic E-state index is -4.34. The van der Waals surface area contributed by atoms with E-state index in [4.69, 9.17) is 5.11 Å². The van der Waals surface area contributed by atoms with Crippen molar-refractivity contribution < 1.29 is 28.2 Å². The number of nitro benzene ring substituents is 2. The van der Waals surface area contributed by atoms with Gasteiger partial charge in [-0.25, -0.2) is 8.42 Å². The summed E-state index contributed by atoms with van der Waals surface area (Å²) < 4.78 is 26.1. The van der Waals surface area contributed by atoms with Gasteiger partial charge >= 0.3 is 5.97 Å². The number of carboxylic acids is 1. The summed E-state index contributed by atoms with van der Waals surface area (Å²) in [5.74, 6) is -2.04. The lowest BCUT2D eigenvalue weighted by Gasteiger charge is -2.29. The second kappa shape index (κ2) is 6.49. The number of carbonyl (C=O) groups is 1. The average Bonchev–Trinajstić information content (AvgIpc) is 2.54. The smallest absolute Gasteiger partial charge is 0.307 e. The van der Waals surface area contributed by atoms with Crippen molar-refractivity contribution in [1.82, 2.24) is 4.31 Å². The molecule has 130 valence electrons. The molecular weight excluding hydrogens is 346 g/mol. The summed E-state index contributed by atoms with van der Waals surface area (Å²) in [5.41, 5.74) is -1.52. The lowest BCUT2D eigenvalue weighted by Crippen LogP contribution is -2.42. The van der Waals surface area contributed by atoms with Crippen LogP contribution in [0, 0.1) is 26.1 Å². The number of carboxylic acid groups (broad SMARTS) is 1. The summed E-state index contributed by atoms with van der Waals surface area (Å²) in [4.78, 5) is 30.3. The normalized spacial score (nSPS) is 18.9. The van der Waals surface area contributed by atoms with E-state index in [2.05, 4.69) is 0 Å². The predicted octanol–water partition coefficient (Wildman–Crippen LogP) is 0.988. The van der Waals surface area contributed by atoms with Gasteiger partial charge in [0.05, 0.1) is 21.8 Å². The van der Waals surface area contributed by atoms with Gasteiger partial charge < -0.3 is 5.11 Å². The molecule has 0 unspecified atom stereocenters. The van der Waals surface area contributed by atoms with Crippen LogP contribution < -0.4 is 0 Å². The Labute approximate surface area is 135 Å². The maximum atomic E-state index is 12.6. The van der Waals surface area contributed by atoms with E-state index in [0.717, 1.165) is 16.4 Å². The highest BCUT2D eigenvalue weighted by molar-refractivity contribution is 7.89. The fourth-order valence-electron chi connectivity index (χ4n) is 2.48. The van der Waals surface area contributed by atoms with Gasteiger partial charge in [-0.2, -0.15) is 4.31 Å². The summed E-state index contributed by atoms with van der Waals surface area (Å²) in [5, 5.41) is 30.8. The van der Waals surface area contributed by atoms with E-state index in [-0.39, 0.29) is 13.1 Å². The van der Waals surface area contributed by atoms with Gasteiger partial charge in [0.25, 0.3) is 11.4 Å². The predicted molar refractivity (Wildman–Crippen MR) is 78.9 cm³/mol. The highest BCUT2D eigenvalue weighted by Gasteiger charge is 2.37.